The van der Waals surface area contributed by atoms with Crippen LogP contribution in [0, 0.1) is 0 Å². The first-order valence-electron chi connectivity index (χ1n) is 11.8. The third kappa shape index (κ3) is 8.87. The van der Waals surface area contributed by atoms with Crippen LogP contribution in [-0.4, -0.2) is 9.52 Å². The van der Waals surface area contributed by atoms with Gasteiger partial charge in [-0.15, -0.1) is 124 Å². The Morgan fingerprint density at radius 2 is 0.784 bits per heavy atom. The van der Waals surface area contributed by atoms with Gasteiger partial charge in [-0.2, -0.15) is 35.0 Å². The van der Waals surface area contributed by atoms with Gasteiger partial charge < -0.3 is 0 Å². The number of halogens is 2. The van der Waals surface area contributed by atoms with Crippen molar-refractivity contribution in [2.24, 2.45) is 0 Å². The van der Waals surface area contributed by atoms with Gasteiger partial charge in [0.1, 0.15) is 0 Å². The maximum Gasteiger partial charge on any atom is 3.00 e. The van der Waals surface area contributed by atoms with Gasteiger partial charge >= 0.3 is 26.2 Å². The van der Waals surface area contributed by atoms with Crippen LogP contribution < -0.4 is 0 Å². The minimum absolute atomic E-state index is 0. The Labute approximate surface area is 254 Å². The number of fused-ring (bicyclic) bond motifs is 5. The summed E-state index contributed by atoms with van der Waals surface area (Å²) >= 11 is 0. The van der Waals surface area contributed by atoms with Gasteiger partial charge in [-0.25, -0.2) is 0 Å². The molecule has 0 aliphatic heterocycles. The molecule has 0 atom stereocenters. The topological polar surface area (TPSA) is 0 Å². The zero-order valence-electron chi connectivity index (χ0n) is 21.2. The first kappa shape index (κ1) is 32.7. The van der Waals surface area contributed by atoms with Crippen molar-refractivity contribution in [1.82, 2.24) is 0 Å². The van der Waals surface area contributed by atoms with E-state index < -0.39 is 0 Å². The van der Waals surface area contributed by atoms with Crippen LogP contribution in [0.3, 0.4) is 0 Å². The van der Waals surface area contributed by atoms with Crippen LogP contribution in [0.4, 0.5) is 0 Å². The Hall–Kier alpha value is -2.35. The van der Waals surface area contributed by atoms with E-state index in [-0.39, 0.29) is 51.0 Å². The van der Waals surface area contributed by atoms with Gasteiger partial charge in [0.15, 0.2) is 0 Å². The molecule has 0 nitrogen and oxygen atoms in total. The van der Waals surface area contributed by atoms with Crippen molar-refractivity contribution < 1.29 is 26.2 Å². The average molecular weight is 619 g/mol. The summed E-state index contributed by atoms with van der Waals surface area (Å²) in [5.41, 5.74) is 0. The molecular formula is C33H32Cl2SiZr. The summed E-state index contributed by atoms with van der Waals surface area (Å²) in [7, 11) is 0.750. The summed E-state index contributed by atoms with van der Waals surface area (Å²) in [6.07, 6.45) is 0. The third-order valence-corrected chi connectivity index (χ3v) is 5.62. The predicted molar refractivity (Wildman–Crippen MR) is 170 cm³/mol. The Morgan fingerprint density at radius 1 is 0.459 bits per heavy atom. The molecule has 7 aromatic carbocycles. The molecule has 7 rings (SSSR count). The summed E-state index contributed by atoms with van der Waals surface area (Å²) in [5.74, 6) is 0. The summed E-state index contributed by atoms with van der Waals surface area (Å²) in [6.45, 7) is 4.42. The molecule has 0 unspecified atom stereocenters. The number of benzene rings is 4. The summed E-state index contributed by atoms with van der Waals surface area (Å²) in [6, 6.07) is 48.6. The molecular weight excluding hydrogens is 587 g/mol. The molecule has 0 fully saturated rings. The van der Waals surface area contributed by atoms with Crippen molar-refractivity contribution in [1.29, 1.82) is 0 Å². The largest absolute Gasteiger partial charge is 3.00 e. The molecule has 0 bridgehead atoms. The molecule has 0 aliphatic rings. The van der Waals surface area contributed by atoms with E-state index in [0.29, 0.717) is 0 Å². The molecule has 0 amide bonds. The van der Waals surface area contributed by atoms with Crippen molar-refractivity contribution in [2.45, 2.75) is 13.1 Å². The molecule has 0 aliphatic carbocycles. The van der Waals surface area contributed by atoms with Gasteiger partial charge in [0.25, 0.3) is 0 Å². The molecule has 0 heterocycles. The zero-order chi connectivity index (χ0) is 23.6. The van der Waals surface area contributed by atoms with E-state index in [9.17, 15) is 0 Å². The minimum atomic E-state index is 0. The van der Waals surface area contributed by atoms with E-state index in [1.165, 1.54) is 43.1 Å². The molecule has 37 heavy (non-hydrogen) atoms. The SMILES string of the molecule is C[SiH]C.Cl.Cl.[Zr+3].c1ccc2[cH-]ccc2c1.c1ccc2[cH-]ccc2c1.c1ccc2c(c1)[cH-]c1ccccc12. The Morgan fingerprint density at radius 3 is 1.16 bits per heavy atom. The van der Waals surface area contributed by atoms with E-state index >= 15 is 0 Å². The van der Waals surface area contributed by atoms with E-state index in [4.69, 9.17) is 0 Å². The fourth-order valence-corrected chi connectivity index (χ4v) is 4.04. The van der Waals surface area contributed by atoms with Crippen LogP contribution in [0.2, 0.25) is 13.1 Å². The van der Waals surface area contributed by atoms with Crippen molar-refractivity contribution in [3.05, 3.63) is 140 Å². The maximum absolute atomic E-state index is 2.24. The molecule has 0 saturated heterocycles. The van der Waals surface area contributed by atoms with Gasteiger partial charge in [-0.1, -0.05) is 61.6 Å². The first-order valence-corrected chi connectivity index (χ1v) is 14.1. The fraction of sp³-hybridized carbons (Fsp3) is 0.0606. The van der Waals surface area contributed by atoms with E-state index in [1.807, 2.05) is 0 Å². The first-order chi connectivity index (χ1) is 16.8. The maximum atomic E-state index is 2.24. The van der Waals surface area contributed by atoms with Crippen LogP contribution >= 0.6 is 24.8 Å². The van der Waals surface area contributed by atoms with Crippen LogP contribution in [0.5, 0.6) is 0 Å². The zero-order valence-corrected chi connectivity index (χ0v) is 26.4. The summed E-state index contributed by atoms with van der Waals surface area (Å²) in [5, 5.41) is 10.7. The smallest absolute Gasteiger partial charge is 0.168 e. The van der Waals surface area contributed by atoms with Gasteiger partial charge in [-0.05, 0) is 0 Å². The second kappa shape index (κ2) is 17.2. The summed E-state index contributed by atoms with van der Waals surface area (Å²) in [4.78, 5) is 0. The molecule has 0 spiro atoms. The van der Waals surface area contributed by atoms with Gasteiger partial charge in [0.05, 0.1) is 0 Å². The third-order valence-electron chi connectivity index (χ3n) is 5.62. The molecule has 4 heteroatoms. The Bertz CT molecular complexity index is 1400. The number of rotatable bonds is 0. The number of hydrogen-bond donors (Lipinski definition) is 0. The minimum Gasteiger partial charge on any atom is -0.168 e. The summed E-state index contributed by atoms with van der Waals surface area (Å²) < 4.78 is 0. The van der Waals surface area contributed by atoms with Crippen molar-refractivity contribution in [3.8, 4) is 0 Å². The van der Waals surface area contributed by atoms with E-state index in [1.54, 1.807) is 0 Å². The average Bonchev–Trinajstić information content (AvgIpc) is 3.63. The van der Waals surface area contributed by atoms with Crippen LogP contribution in [0.25, 0.3) is 43.1 Å². The van der Waals surface area contributed by atoms with Crippen molar-refractivity contribution in [2.75, 3.05) is 0 Å². The molecule has 0 saturated carbocycles. The predicted octanol–water partition coefficient (Wildman–Crippen LogP) is 10.2. The molecule has 2 radical (unpaired) electrons. The molecule has 7 aromatic rings. The van der Waals surface area contributed by atoms with Gasteiger partial charge in [0, 0.05) is 9.52 Å². The second-order valence-corrected chi connectivity index (χ2v) is 9.36. The van der Waals surface area contributed by atoms with Gasteiger partial charge in [0.2, 0.25) is 0 Å². The van der Waals surface area contributed by atoms with Crippen LogP contribution in [-0.2, 0) is 26.2 Å². The van der Waals surface area contributed by atoms with Crippen LogP contribution in [0.15, 0.2) is 140 Å². The van der Waals surface area contributed by atoms with Gasteiger partial charge in [-0.3, -0.25) is 0 Å². The van der Waals surface area contributed by atoms with E-state index in [2.05, 4.69) is 153 Å². The normalized spacial score (nSPS) is 9.35. The molecule has 0 aromatic heterocycles. The van der Waals surface area contributed by atoms with E-state index in [0.717, 1.165) is 9.52 Å². The monoisotopic (exact) mass is 616 g/mol. The Balaban J connectivity index is 0.000000259. The van der Waals surface area contributed by atoms with Crippen molar-refractivity contribution in [3.63, 3.8) is 0 Å². The fourth-order valence-electron chi connectivity index (χ4n) is 4.04. The quantitative estimate of drug-likeness (QED) is 0.117. The van der Waals surface area contributed by atoms with Crippen molar-refractivity contribution >= 4 is 77.4 Å². The Kier molecular flexibility index (Phi) is 15.2. The molecule has 186 valence electrons. The number of hydrogen-bond acceptors (Lipinski definition) is 0. The standard InChI is InChI=1S/C13H9.2C9H7.C2H7Si.2ClH.Zr/c1-3-7-12-10(5-1)9-11-6-2-4-8-13(11)12;2*1-2-5-9-7-3-6-8(9)4-1;1-3-2;;;/h1-9H;2*1-7H;3H,1-2H3;2*1H;/q3*-1;;;;+3. The second-order valence-electron chi connectivity index (χ2n) is 8.21. The molecule has 0 N–H and O–H groups in total. The van der Waals surface area contributed by atoms with Crippen LogP contribution in [0.1, 0.15) is 0 Å².